The van der Waals surface area contributed by atoms with E-state index in [1.807, 2.05) is 17.4 Å². The van der Waals surface area contributed by atoms with E-state index in [9.17, 15) is 0 Å². The number of aromatic nitrogens is 3. The van der Waals surface area contributed by atoms with Crippen molar-refractivity contribution >= 4 is 75.1 Å². The Hall–Kier alpha value is -6.49. The summed E-state index contributed by atoms with van der Waals surface area (Å²) in [6.07, 6.45) is 0. The molecule has 51 heavy (non-hydrogen) atoms. The van der Waals surface area contributed by atoms with Gasteiger partial charge in [-0.15, -0.1) is 11.3 Å². The number of benzene rings is 7. The summed E-state index contributed by atoms with van der Waals surface area (Å²) in [4.78, 5) is 5.03. The van der Waals surface area contributed by atoms with Crippen molar-refractivity contribution in [1.82, 2.24) is 14.1 Å². The Kier molecular flexibility index (Phi) is 6.12. The van der Waals surface area contributed by atoms with Gasteiger partial charge >= 0.3 is 0 Å². The summed E-state index contributed by atoms with van der Waals surface area (Å²) in [5.41, 5.74) is 11.3. The smallest absolute Gasteiger partial charge is 0.0719 e. The minimum absolute atomic E-state index is 0.965. The van der Waals surface area contributed by atoms with Gasteiger partial charge in [0.2, 0.25) is 0 Å². The van der Waals surface area contributed by atoms with E-state index in [4.69, 9.17) is 4.98 Å². The van der Waals surface area contributed by atoms with Crippen LogP contribution in [-0.4, -0.2) is 14.1 Å². The highest BCUT2D eigenvalue weighted by Crippen LogP contribution is 2.45. The number of nitrogens with zero attached hydrogens (tertiary/aromatic N) is 3. The number of hydrogen-bond donors (Lipinski definition) is 0. The van der Waals surface area contributed by atoms with Crippen LogP contribution in [-0.2, 0) is 0 Å². The first kappa shape index (κ1) is 28.4. The lowest BCUT2D eigenvalue weighted by Gasteiger charge is -2.11. The molecule has 0 fully saturated rings. The van der Waals surface area contributed by atoms with Crippen LogP contribution < -0.4 is 0 Å². The van der Waals surface area contributed by atoms with Crippen LogP contribution in [0.4, 0.5) is 0 Å². The molecular weight excluding hydrogens is 639 g/mol. The Morgan fingerprint density at radius 1 is 0.373 bits per heavy atom. The fourth-order valence-corrected chi connectivity index (χ4v) is 9.25. The third-order valence-corrected chi connectivity index (χ3v) is 11.5. The number of pyridine rings is 1. The van der Waals surface area contributed by atoms with Gasteiger partial charge in [-0.25, -0.2) is 4.98 Å². The molecule has 4 aromatic heterocycles. The van der Waals surface area contributed by atoms with Crippen LogP contribution >= 0.6 is 11.3 Å². The molecular formula is C47H29N3S. The van der Waals surface area contributed by atoms with E-state index >= 15 is 0 Å². The zero-order valence-electron chi connectivity index (χ0n) is 27.5. The minimum atomic E-state index is 0.965. The third kappa shape index (κ3) is 4.27. The SMILES string of the molecule is c1ccc(-c2cccc(-c3ccc(-n4c5ccccc5c5cc6c7ccc8c9ccccc9sc8c7n(-c7ccccc7)c6cc54)cc3)n2)cc1. The molecule has 4 heteroatoms. The molecule has 0 saturated heterocycles. The van der Waals surface area contributed by atoms with E-state index in [0.29, 0.717) is 0 Å². The number of thiophene rings is 1. The van der Waals surface area contributed by atoms with Crippen molar-refractivity contribution in [1.29, 1.82) is 0 Å². The van der Waals surface area contributed by atoms with Gasteiger partial charge in [0.05, 0.1) is 38.2 Å². The fraction of sp³-hybridized carbons (Fsp3) is 0. The minimum Gasteiger partial charge on any atom is -0.309 e. The third-order valence-electron chi connectivity index (χ3n) is 10.3. The number of hydrogen-bond acceptors (Lipinski definition) is 2. The van der Waals surface area contributed by atoms with Crippen molar-refractivity contribution in [2.24, 2.45) is 0 Å². The summed E-state index contributed by atoms with van der Waals surface area (Å²) >= 11 is 1.89. The molecule has 11 rings (SSSR count). The zero-order chi connectivity index (χ0) is 33.5. The highest BCUT2D eigenvalue weighted by atomic mass is 32.1. The van der Waals surface area contributed by atoms with Crippen LogP contribution in [0.2, 0.25) is 0 Å². The van der Waals surface area contributed by atoms with E-state index in [0.717, 1.165) is 28.2 Å². The van der Waals surface area contributed by atoms with Crippen molar-refractivity contribution in [3.8, 4) is 33.9 Å². The van der Waals surface area contributed by atoms with Crippen molar-refractivity contribution in [3.05, 3.63) is 176 Å². The molecule has 0 radical (unpaired) electrons. The van der Waals surface area contributed by atoms with Crippen molar-refractivity contribution in [2.75, 3.05) is 0 Å². The molecule has 0 bridgehead atoms. The maximum Gasteiger partial charge on any atom is 0.0719 e. The van der Waals surface area contributed by atoms with Gasteiger partial charge in [-0.3, -0.25) is 0 Å². The molecule has 0 aliphatic heterocycles. The predicted octanol–water partition coefficient (Wildman–Crippen LogP) is 13.0. The van der Waals surface area contributed by atoms with Gasteiger partial charge in [0, 0.05) is 59.5 Å². The maximum absolute atomic E-state index is 5.03. The summed E-state index contributed by atoms with van der Waals surface area (Å²) in [6.45, 7) is 0. The summed E-state index contributed by atoms with van der Waals surface area (Å²) in [7, 11) is 0. The molecule has 0 spiro atoms. The lowest BCUT2D eigenvalue weighted by molar-refractivity contribution is 1.17. The Bertz CT molecular complexity index is 3110. The van der Waals surface area contributed by atoms with Crippen molar-refractivity contribution in [3.63, 3.8) is 0 Å². The molecule has 0 aliphatic carbocycles. The largest absolute Gasteiger partial charge is 0.309 e. The average molecular weight is 668 g/mol. The first-order valence-corrected chi connectivity index (χ1v) is 18.1. The normalized spacial score (nSPS) is 11.9. The first-order chi connectivity index (χ1) is 25.3. The second-order valence-corrected chi connectivity index (χ2v) is 14.2. The second-order valence-electron chi connectivity index (χ2n) is 13.2. The molecule has 4 heterocycles. The monoisotopic (exact) mass is 667 g/mol. The molecule has 0 saturated carbocycles. The van der Waals surface area contributed by atoms with E-state index in [-0.39, 0.29) is 0 Å². The van der Waals surface area contributed by atoms with Gasteiger partial charge < -0.3 is 9.13 Å². The van der Waals surface area contributed by atoms with Gasteiger partial charge in [0.1, 0.15) is 0 Å². The summed E-state index contributed by atoms with van der Waals surface area (Å²) in [5.74, 6) is 0. The molecule has 0 aliphatic rings. The van der Waals surface area contributed by atoms with E-state index < -0.39 is 0 Å². The Morgan fingerprint density at radius 2 is 0.980 bits per heavy atom. The predicted molar refractivity (Wildman–Crippen MR) is 217 cm³/mol. The number of fused-ring (bicyclic) bond motifs is 10. The number of para-hydroxylation sites is 2. The van der Waals surface area contributed by atoms with Crippen LogP contribution in [0.1, 0.15) is 0 Å². The van der Waals surface area contributed by atoms with Gasteiger partial charge in [0.25, 0.3) is 0 Å². The molecule has 11 aromatic rings. The zero-order valence-corrected chi connectivity index (χ0v) is 28.3. The Balaban J connectivity index is 1.16. The van der Waals surface area contributed by atoms with Gasteiger partial charge in [-0.2, -0.15) is 0 Å². The van der Waals surface area contributed by atoms with Crippen molar-refractivity contribution < 1.29 is 0 Å². The average Bonchev–Trinajstić information content (AvgIpc) is 3.85. The summed E-state index contributed by atoms with van der Waals surface area (Å²) in [5, 5.41) is 7.68. The van der Waals surface area contributed by atoms with Crippen molar-refractivity contribution in [2.45, 2.75) is 0 Å². The van der Waals surface area contributed by atoms with E-state index in [2.05, 4.69) is 179 Å². The first-order valence-electron chi connectivity index (χ1n) is 17.3. The molecule has 7 aromatic carbocycles. The molecule has 238 valence electrons. The Labute approximate surface area is 297 Å². The van der Waals surface area contributed by atoms with Gasteiger partial charge in [-0.1, -0.05) is 115 Å². The highest BCUT2D eigenvalue weighted by molar-refractivity contribution is 7.26. The van der Waals surface area contributed by atoms with Crippen LogP contribution in [0.15, 0.2) is 176 Å². The summed E-state index contributed by atoms with van der Waals surface area (Å²) in [6, 6.07) is 63.4. The molecule has 3 nitrogen and oxygen atoms in total. The Morgan fingerprint density at radius 3 is 1.78 bits per heavy atom. The van der Waals surface area contributed by atoms with Crippen LogP contribution in [0.3, 0.4) is 0 Å². The van der Waals surface area contributed by atoms with E-state index in [1.165, 1.54) is 69.5 Å². The molecule has 0 unspecified atom stereocenters. The van der Waals surface area contributed by atoms with Crippen LogP contribution in [0, 0.1) is 0 Å². The standard InChI is InChI=1S/C47H29N3S/c1-3-12-30(13-4-1)40-18-11-19-41(48-40)31-22-24-33(25-23-31)49-42-20-9-7-16-34(42)38-28-39-36-26-27-37-35-17-8-10-21-45(35)51-47(37)46(36)50(44(39)29-43(38)49)32-14-5-2-6-15-32/h1-29H. The lowest BCUT2D eigenvalue weighted by atomic mass is 10.1. The quantitative estimate of drug-likeness (QED) is 0.183. The molecule has 0 N–H and O–H groups in total. The number of rotatable bonds is 4. The topological polar surface area (TPSA) is 22.8 Å². The van der Waals surface area contributed by atoms with Crippen LogP contribution in [0.25, 0.3) is 97.7 Å². The van der Waals surface area contributed by atoms with E-state index in [1.54, 1.807) is 0 Å². The second kappa shape index (κ2) is 11.0. The van der Waals surface area contributed by atoms with Gasteiger partial charge in [0.15, 0.2) is 0 Å². The summed E-state index contributed by atoms with van der Waals surface area (Å²) < 4.78 is 7.55. The highest BCUT2D eigenvalue weighted by Gasteiger charge is 2.21. The lowest BCUT2D eigenvalue weighted by Crippen LogP contribution is -1.96. The van der Waals surface area contributed by atoms with Gasteiger partial charge in [-0.05, 0) is 60.7 Å². The molecule has 0 atom stereocenters. The fourth-order valence-electron chi connectivity index (χ4n) is 8.01. The van der Waals surface area contributed by atoms with Crippen LogP contribution in [0.5, 0.6) is 0 Å². The molecule has 0 amide bonds. The maximum atomic E-state index is 5.03.